The number of pyridine rings is 1. The Balaban J connectivity index is 1.45. The van der Waals surface area contributed by atoms with E-state index in [4.69, 9.17) is 10.7 Å². The second kappa shape index (κ2) is 8.79. The topological polar surface area (TPSA) is 102 Å². The minimum absolute atomic E-state index is 0.188. The third kappa shape index (κ3) is 3.93. The molecule has 0 aliphatic carbocycles. The number of anilines is 2. The fourth-order valence-corrected chi connectivity index (χ4v) is 4.79. The first-order chi connectivity index (χ1) is 16.4. The monoisotopic (exact) mass is 469 g/mol. The number of aromatic nitrogens is 6. The molecule has 5 rings (SSSR count). The number of nitrogens with two attached hydrogens (primary N) is 1. The van der Waals surface area contributed by atoms with Crippen LogP contribution < -0.4 is 11.1 Å². The van der Waals surface area contributed by atoms with Gasteiger partial charge < -0.3 is 15.6 Å². The number of likely N-dealkylation sites (tertiary alicyclic amines) is 1. The maximum atomic E-state index is 14.6. The number of nitrogens with one attached hydrogen (secondary N) is 1. The molecule has 5 heterocycles. The summed E-state index contributed by atoms with van der Waals surface area (Å²) in [7, 11) is 0. The van der Waals surface area contributed by atoms with Crippen LogP contribution in [0.25, 0.3) is 27.9 Å². The zero-order valence-electron chi connectivity index (χ0n) is 19.5. The van der Waals surface area contributed by atoms with Crippen LogP contribution in [0.4, 0.5) is 20.5 Å². The Hall–Kier alpha value is -3.34. The van der Waals surface area contributed by atoms with E-state index in [9.17, 15) is 8.78 Å². The van der Waals surface area contributed by atoms with Crippen molar-refractivity contribution >= 4 is 28.4 Å². The Bertz CT molecular complexity index is 1330. The standard InChI is InChI=1S/C23H29F2N9/c1-13(2)34-14(3)27-19-5-4-17(28-22(19)34)15-6-10-33-20(15)21(26)30-23(31-33)29-18-7-9-32(11-8-24)12-16(18)25/h4-6,10,13,16,18H,7-9,11-12H2,1-3H3,(H3,26,29,30,31)/t16-,18+/m1/s1. The minimum atomic E-state index is -1.15. The largest absolute Gasteiger partial charge is 0.382 e. The van der Waals surface area contributed by atoms with E-state index >= 15 is 0 Å². The number of nitrogens with zero attached hydrogens (tertiary/aromatic N) is 7. The van der Waals surface area contributed by atoms with Gasteiger partial charge in [0, 0.05) is 37.4 Å². The third-order valence-corrected chi connectivity index (χ3v) is 6.38. The number of imidazole rings is 1. The highest BCUT2D eigenvalue weighted by atomic mass is 19.1. The fourth-order valence-electron chi connectivity index (χ4n) is 4.79. The number of fused-ring (bicyclic) bond motifs is 2. The number of hydrogen-bond donors (Lipinski definition) is 2. The Morgan fingerprint density at radius 2 is 2.03 bits per heavy atom. The molecule has 34 heavy (non-hydrogen) atoms. The lowest BCUT2D eigenvalue weighted by Gasteiger charge is -2.34. The summed E-state index contributed by atoms with van der Waals surface area (Å²) in [5.74, 6) is 1.45. The van der Waals surface area contributed by atoms with E-state index in [1.165, 1.54) is 0 Å². The molecule has 180 valence electrons. The van der Waals surface area contributed by atoms with Crippen molar-refractivity contribution in [2.75, 3.05) is 37.4 Å². The SMILES string of the molecule is Cc1nc2ccc(-c3ccn4nc(N[C@H]5CCN(CCF)C[C@H]5F)nc(N)c34)nc2n1C(C)C. The first kappa shape index (κ1) is 22.5. The van der Waals surface area contributed by atoms with Crippen molar-refractivity contribution in [1.82, 2.24) is 34.0 Å². The molecular weight excluding hydrogens is 440 g/mol. The maximum absolute atomic E-state index is 14.6. The number of rotatable bonds is 6. The summed E-state index contributed by atoms with van der Waals surface area (Å²) in [5, 5.41) is 7.58. The van der Waals surface area contributed by atoms with Crippen LogP contribution in [-0.4, -0.2) is 72.6 Å². The molecule has 1 aliphatic heterocycles. The summed E-state index contributed by atoms with van der Waals surface area (Å²) in [6, 6.07) is 5.54. The normalized spacial score (nSPS) is 19.5. The quantitative estimate of drug-likeness (QED) is 0.446. The summed E-state index contributed by atoms with van der Waals surface area (Å²) >= 11 is 0. The summed E-state index contributed by atoms with van der Waals surface area (Å²) < 4.78 is 30.9. The summed E-state index contributed by atoms with van der Waals surface area (Å²) in [5.41, 5.74) is 10.2. The van der Waals surface area contributed by atoms with Crippen molar-refractivity contribution in [3.8, 4) is 11.3 Å². The lowest BCUT2D eigenvalue weighted by molar-refractivity contribution is 0.120. The summed E-state index contributed by atoms with van der Waals surface area (Å²) in [4.78, 5) is 15.7. The first-order valence-electron chi connectivity index (χ1n) is 11.6. The van der Waals surface area contributed by atoms with Crippen molar-refractivity contribution in [2.45, 2.75) is 45.4 Å². The lowest BCUT2D eigenvalue weighted by Crippen LogP contribution is -2.48. The van der Waals surface area contributed by atoms with Crippen LogP contribution >= 0.6 is 0 Å². The van der Waals surface area contributed by atoms with Gasteiger partial charge >= 0.3 is 0 Å². The molecule has 0 amide bonds. The second-order valence-corrected chi connectivity index (χ2v) is 9.05. The molecule has 9 nitrogen and oxygen atoms in total. The van der Waals surface area contributed by atoms with Gasteiger partial charge in [-0.15, -0.1) is 5.10 Å². The molecule has 0 saturated carbocycles. The van der Waals surface area contributed by atoms with E-state index in [0.717, 1.165) is 28.2 Å². The van der Waals surface area contributed by atoms with Crippen molar-refractivity contribution in [3.63, 3.8) is 0 Å². The molecule has 11 heteroatoms. The van der Waals surface area contributed by atoms with E-state index in [2.05, 4.69) is 38.8 Å². The van der Waals surface area contributed by atoms with Crippen LogP contribution in [0.3, 0.4) is 0 Å². The molecule has 0 radical (unpaired) electrons. The van der Waals surface area contributed by atoms with E-state index in [1.807, 2.05) is 25.1 Å². The summed E-state index contributed by atoms with van der Waals surface area (Å²) in [6.45, 7) is 6.77. The van der Waals surface area contributed by atoms with Gasteiger partial charge in [-0.25, -0.2) is 23.3 Å². The van der Waals surface area contributed by atoms with Crippen molar-refractivity contribution < 1.29 is 8.78 Å². The van der Waals surface area contributed by atoms with Crippen LogP contribution in [-0.2, 0) is 0 Å². The highest BCUT2D eigenvalue weighted by Crippen LogP contribution is 2.30. The molecule has 0 unspecified atom stereocenters. The average molecular weight is 470 g/mol. The molecule has 1 saturated heterocycles. The lowest BCUT2D eigenvalue weighted by atomic mass is 10.0. The molecule has 0 spiro atoms. The van der Waals surface area contributed by atoms with Gasteiger partial charge in [-0.1, -0.05) is 0 Å². The number of hydrogen-bond acceptors (Lipinski definition) is 7. The third-order valence-electron chi connectivity index (χ3n) is 6.38. The number of nitrogen functional groups attached to an aromatic ring is 1. The van der Waals surface area contributed by atoms with Crippen molar-refractivity contribution in [1.29, 1.82) is 0 Å². The van der Waals surface area contributed by atoms with Gasteiger partial charge in [0.05, 0.1) is 11.7 Å². The number of alkyl halides is 2. The number of halogens is 2. The van der Waals surface area contributed by atoms with Gasteiger partial charge in [0.25, 0.3) is 0 Å². The van der Waals surface area contributed by atoms with Crippen LogP contribution in [0.15, 0.2) is 24.4 Å². The molecule has 1 aliphatic rings. The molecule has 0 aromatic carbocycles. The Morgan fingerprint density at radius 3 is 2.76 bits per heavy atom. The predicted molar refractivity (Wildman–Crippen MR) is 128 cm³/mol. The van der Waals surface area contributed by atoms with E-state index in [-0.39, 0.29) is 30.9 Å². The number of piperidine rings is 1. The molecule has 3 N–H and O–H groups in total. The van der Waals surface area contributed by atoms with E-state index in [1.54, 1.807) is 15.6 Å². The van der Waals surface area contributed by atoms with E-state index in [0.29, 0.717) is 18.5 Å². The van der Waals surface area contributed by atoms with Crippen molar-refractivity contribution in [2.24, 2.45) is 0 Å². The van der Waals surface area contributed by atoms with E-state index < -0.39 is 18.9 Å². The molecule has 0 bridgehead atoms. The Labute approximate surface area is 196 Å². The molecule has 4 aromatic heterocycles. The Morgan fingerprint density at radius 1 is 1.21 bits per heavy atom. The average Bonchev–Trinajstić information content (AvgIpc) is 3.36. The van der Waals surface area contributed by atoms with Gasteiger partial charge in [-0.05, 0) is 45.4 Å². The fraction of sp³-hybridized carbons (Fsp3) is 0.478. The minimum Gasteiger partial charge on any atom is -0.382 e. The van der Waals surface area contributed by atoms with Gasteiger partial charge in [0.2, 0.25) is 5.95 Å². The highest BCUT2D eigenvalue weighted by molar-refractivity contribution is 5.88. The van der Waals surface area contributed by atoms with Crippen molar-refractivity contribution in [3.05, 3.63) is 30.2 Å². The second-order valence-electron chi connectivity index (χ2n) is 9.05. The summed E-state index contributed by atoms with van der Waals surface area (Å²) in [6.07, 6.45) is 1.18. The molecule has 1 fully saturated rings. The zero-order chi connectivity index (χ0) is 24.0. The van der Waals surface area contributed by atoms with Gasteiger partial charge in [0.15, 0.2) is 11.5 Å². The predicted octanol–water partition coefficient (Wildman–Crippen LogP) is 3.41. The first-order valence-corrected chi connectivity index (χ1v) is 11.6. The van der Waals surface area contributed by atoms with Gasteiger partial charge in [-0.3, -0.25) is 4.90 Å². The van der Waals surface area contributed by atoms with Crippen LogP contribution in [0.2, 0.25) is 0 Å². The molecule has 2 atom stereocenters. The van der Waals surface area contributed by atoms with Crippen LogP contribution in [0.1, 0.15) is 32.1 Å². The number of aryl methyl sites for hydroxylation is 1. The Kier molecular flexibility index (Phi) is 5.80. The zero-order valence-corrected chi connectivity index (χ0v) is 19.5. The molecular formula is C23H29F2N9. The van der Waals surface area contributed by atoms with Crippen LogP contribution in [0.5, 0.6) is 0 Å². The highest BCUT2D eigenvalue weighted by Gasteiger charge is 2.30. The molecule has 4 aromatic rings. The van der Waals surface area contributed by atoms with Crippen LogP contribution in [0, 0.1) is 6.92 Å². The van der Waals surface area contributed by atoms with Gasteiger partial charge in [0.1, 0.15) is 29.7 Å². The van der Waals surface area contributed by atoms with Gasteiger partial charge in [-0.2, -0.15) is 4.98 Å². The maximum Gasteiger partial charge on any atom is 0.243 e. The smallest absolute Gasteiger partial charge is 0.243 e.